The highest BCUT2D eigenvalue weighted by Gasteiger charge is 2.23. The number of halogens is 1. The number of carbonyl (C=O) groups is 1. The molecule has 1 amide bonds. The molecule has 0 bridgehead atoms. The number of alkyl carbamates (subject to hydrolysis) is 1. The van der Waals surface area contributed by atoms with Gasteiger partial charge in [0.15, 0.2) is 0 Å². The maximum Gasteiger partial charge on any atom is 0.407 e. The predicted molar refractivity (Wildman–Crippen MR) is 66.2 cm³/mol. The van der Waals surface area contributed by atoms with Gasteiger partial charge in [0.05, 0.1) is 0 Å². The number of hydrogen-bond donors (Lipinski definition) is 1. The normalized spacial score (nSPS) is 13.9. The van der Waals surface area contributed by atoms with Crippen molar-refractivity contribution < 1.29 is 14.3 Å². The Morgan fingerprint density at radius 3 is 2.59 bits per heavy atom. The Morgan fingerprint density at radius 1 is 1.41 bits per heavy atom. The van der Waals surface area contributed by atoms with Crippen LogP contribution in [-0.4, -0.2) is 26.4 Å². The van der Waals surface area contributed by atoms with Gasteiger partial charge in [-0.3, -0.25) is 0 Å². The van der Waals surface area contributed by atoms with Crippen LogP contribution in [0, 0.1) is 0 Å². The summed E-state index contributed by atoms with van der Waals surface area (Å²) >= 11 is 6.08. The molecule has 0 aromatic heterocycles. The molecule has 1 N–H and O–H groups in total. The van der Waals surface area contributed by atoms with E-state index in [1.807, 2.05) is 18.2 Å². The van der Waals surface area contributed by atoms with Gasteiger partial charge in [0.25, 0.3) is 0 Å². The zero-order chi connectivity index (χ0) is 12.8. The van der Waals surface area contributed by atoms with E-state index in [2.05, 4.69) is 5.32 Å². The fraction of sp³-hybridized carbons (Fsp3) is 0.417. The SMILES string of the molecule is CNC(=O)OC(C)C(OC)c1ccccc1Cl. The van der Waals surface area contributed by atoms with Crippen molar-refractivity contribution in [3.05, 3.63) is 34.9 Å². The van der Waals surface area contributed by atoms with Gasteiger partial charge < -0.3 is 14.8 Å². The molecule has 0 spiro atoms. The standard InChI is InChI=1S/C12H16ClNO3/c1-8(17-12(15)14-2)11(16-3)9-6-4-5-7-10(9)13/h4-8,11H,1-3H3,(H,14,15). The molecule has 17 heavy (non-hydrogen) atoms. The Hall–Kier alpha value is -1.26. The second-order valence-electron chi connectivity index (χ2n) is 3.54. The lowest BCUT2D eigenvalue weighted by Gasteiger charge is -2.23. The molecular formula is C12H16ClNO3. The Kier molecular flexibility index (Phi) is 5.25. The molecule has 1 aromatic rings. The summed E-state index contributed by atoms with van der Waals surface area (Å²) in [6.07, 6.45) is -1.31. The smallest absolute Gasteiger partial charge is 0.407 e. The molecule has 0 aliphatic rings. The summed E-state index contributed by atoms with van der Waals surface area (Å²) in [6, 6.07) is 7.32. The maximum atomic E-state index is 11.1. The van der Waals surface area contributed by atoms with Crippen molar-refractivity contribution in [2.45, 2.75) is 19.1 Å². The van der Waals surface area contributed by atoms with Crippen molar-refractivity contribution in [2.24, 2.45) is 0 Å². The number of rotatable bonds is 4. The van der Waals surface area contributed by atoms with Crippen LogP contribution in [0.25, 0.3) is 0 Å². The molecule has 0 heterocycles. The van der Waals surface area contributed by atoms with E-state index in [0.717, 1.165) is 5.56 Å². The van der Waals surface area contributed by atoms with E-state index in [4.69, 9.17) is 21.1 Å². The van der Waals surface area contributed by atoms with E-state index in [1.54, 1.807) is 20.1 Å². The van der Waals surface area contributed by atoms with Crippen LogP contribution in [0.4, 0.5) is 4.79 Å². The average Bonchev–Trinajstić information content (AvgIpc) is 2.32. The molecule has 0 saturated carbocycles. The van der Waals surface area contributed by atoms with Crippen molar-refractivity contribution in [3.8, 4) is 0 Å². The number of amides is 1. The molecule has 1 rings (SSSR count). The van der Waals surface area contributed by atoms with Gasteiger partial charge >= 0.3 is 6.09 Å². The molecule has 0 aliphatic carbocycles. The average molecular weight is 258 g/mol. The van der Waals surface area contributed by atoms with Crippen molar-refractivity contribution in [1.29, 1.82) is 0 Å². The van der Waals surface area contributed by atoms with Gasteiger partial charge in [-0.05, 0) is 13.0 Å². The van der Waals surface area contributed by atoms with E-state index in [9.17, 15) is 4.79 Å². The fourth-order valence-electron chi connectivity index (χ4n) is 1.57. The summed E-state index contributed by atoms with van der Waals surface area (Å²) in [4.78, 5) is 11.1. The lowest BCUT2D eigenvalue weighted by atomic mass is 10.1. The highest BCUT2D eigenvalue weighted by molar-refractivity contribution is 6.31. The van der Waals surface area contributed by atoms with Gasteiger partial charge in [-0.2, -0.15) is 0 Å². The molecule has 2 atom stereocenters. The lowest BCUT2D eigenvalue weighted by Crippen LogP contribution is -2.29. The zero-order valence-corrected chi connectivity index (χ0v) is 10.8. The summed E-state index contributed by atoms with van der Waals surface area (Å²) in [7, 11) is 3.06. The summed E-state index contributed by atoms with van der Waals surface area (Å²) in [5.41, 5.74) is 0.799. The summed E-state index contributed by atoms with van der Waals surface area (Å²) < 4.78 is 10.5. The van der Waals surface area contributed by atoms with Crippen molar-refractivity contribution in [1.82, 2.24) is 5.32 Å². The van der Waals surface area contributed by atoms with Gasteiger partial charge in [-0.25, -0.2) is 4.79 Å². The Labute approximate surface area is 106 Å². The van der Waals surface area contributed by atoms with Gasteiger partial charge in [-0.15, -0.1) is 0 Å². The molecule has 2 unspecified atom stereocenters. The molecule has 0 aliphatic heterocycles. The first-order valence-electron chi connectivity index (χ1n) is 5.25. The third-order valence-electron chi connectivity index (χ3n) is 2.39. The molecule has 94 valence electrons. The van der Waals surface area contributed by atoms with Crippen LogP contribution >= 0.6 is 11.6 Å². The Balaban J connectivity index is 2.84. The van der Waals surface area contributed by atoms with Crippen LogP contribution in [0.3, 0.4) is 0 Å². The minimum atomic E-state index is -0.494. The van der Waals surface area contributed by atoms with Gasteiger partial charge in [-0.1, -0.05) is 29.8 Å². The summed E-state index contributed by atoms with van der Waals surface area (Å²) in [5.74, 6) is 0. The minimum Gasteiger partial charge on any atom is -0.443 e. The van der Waals surface area contributed by atoms with Gasteiger partial charge in [0, 0.05) is 24.7 Å². The molecule has 0 saturated heterocycles. The largest absolute Gasteiger partial charge is 0.443 e. The number of methoxy groups -OCH3 is 1. The number of ether oxygens (including phenoxy) is 2. The molecule has 5 heteroatoms. The monoisotopic (exact) mass is 257 g/mol. The number of benzene rings is 1. The summed E-state index contributed by atoms with van der Waals surface area (Å²) in [5, 5.41) is 2.98. The van der Waals surface area contributed by atoms with Crippen LogP contribution in [0.5, 0.6) is 0 Å². The molecule has 0 radical (unpaired) electrons. The van der Waals surface area contributed by atoms with E-state index in [1.165, 1.54) is 7.05 Å². The number of hydrogen-bond acceptors (Lipinski definition) is 3. The Morgan fingerprint density at radius 2 is 2.06 bits per heavy atom. The number of carbonyl (C=O) groups excluding carboxylic acids is 1. The fourth-order valence-corrected chi connectivity index (χ4v) is 1.81. The second kappa shape index (κ2) is 6.47. The highest BCUT2D eigenvalue weighted by Crippen LogP contribution is 2.28. The third-order valence-corrected chi connectivity index (χ3v) is 2.73. The van der Waals surface area contributed by atoms with Crippen molar-refractivity contribution in [3.63, 3.8) is 0 Å². The topological polar surface area (TPSA) is 47.6 Å². The minimum absolute atomic E-state index is 0.388. The molecule has 4 nitrogen and oxygen atoms in total. The predicted octanol–water partition coefficient (Wildman–Crippen LogP) is 2.77. The zero-order valence-electron chi connectivity index (χ0n) is 10.1. The summed E-state index contributed by atoms with van der Waals surface area (Å²) in [6.45, 7) is 1.76. The lowest BCUT2D eigenvalue weighted by molar-refractivity contribution is -0.0142. The first-order chi connectivity index (χ1) is 8.10. The molecular weight excluding hydrogens is 242 g/mol. The van der Waals surface area contributed by atoms with E-state index in [0.29, 0.717) is 5.02 Å². The van der Waals surface area contributed by atoms with Crippen LogP contribution in [-0.2, 0) is 9.47 Å². The second-order valence-corrected chi connectivity index (χ2v) is 3.95. The molecule has 0 fully saturated rings. The van der Waals surface area contributed by atoms with Crippen LogP contribution in [0.2, 0.25) is 5.02 Å². The quantitative estimate of drug-likeness (QED) is 0.902. The van der Waals surface area contributed by atoms with Crippen molar-refractivity contribution >= 4 is 17.7 Å². The highest BCUT2D eigenvalue weighted by atomic mass is 35.5. The van der Waals surface area contributed by atoms with Gasteiger partial charge in [0.2, 0.25) is 0 Å². The van der Waals surface area contributed by atoms with Crippen LogP contribution in [0.1, 0.15) is 18.6 Å². The molecule has 1 aromatic carbocycles. The van der Waals surface area contributed by atoms with E-state index in [-0.39, 0.29) is 6.10 Å². The van der Waals surface area contributed by atoms with E-state index >= 15 is 0 Å². The van der Waals surface area contributed by atoms with Crippen molar-refractivity contribution in [2.75, 3.05) is 14.2 Å². The Bertz CT molecular complexity index is 384. The first kappa shape index (κ1) is 13.8. The van der Waals surface area contributed by atoms with E-state index < -0.39 is 12.2 Å². The maximum absolute atomic E-state index is 11.1. The van der Waals surface area contributed by atoms with Crippen LogP contribution in [0.15, 0.2) is 24.3 Å². The number of nitrogens with one attached hydrogen (secondary N) is 1. The van der Waals surface area contributed by atoms with Gasteiger partial charge in [0.1, 0.15) is 12.2 Å². The first-order valence-corrected chi connectivity index (χ1v) is 5.63. The van der Waals surface area contributed by atoms with Crippen LogP contribution < -0.4 is 5.32 Å². The third kappa shape index (κ3) is 3.61.